The Morgan fingerprint density at radius 2 is 1.72 bits per heavy atom. The topological polar surface area (TPSA) is 85.5 Å². The summed E-state index contributed by atoms with van der Waals surface area (Å²) in [6, 6.07) is 11.0. The number of nitrogens with one attached hydrogen (secondary N) is 2. The van der Waals surface area contributed by atoms with E-state index in [9.17, 15) is 23.2 Å². The fourth-order valence-electron chi connectivity index (χ4n) is 4.55. The van der Waals surface area contributed by atoms with E-state index in [4.69, 9.17) is 34.8 Å². The highest BCUT2D eigenvalue weighted by molar-refractivity contribution is 7.99. The van der Waals surface area contributed by atoms with Crippen molar-refractivity contribution in [2.75, 3.05) is 18.0 Å². The van der Waals surface area contributed by atoms with Crippen LogP contribution in [-0.4, -0.2) is 34.9 Å². The number of pyridine rings is 1. The Morgan fingerprint density at radius 3 is 2.44 bits per heavy atom. The molecule has 0 aliphatic carbocycles. The van der Waals surface area contributed by atoms with Crippen LogP contribution in [0, 0.1) is 0 Å². The van der Waals surface area contributed by atoms with Gasteiger partial charge in [-0.2, -0.15) is 8.78 Å². The molecule has 13 heteroatoms. The van der Waals surface area contributed by atoms with Crippen LogP contribution in [0.5, 0.6) is 0 Å². The van der Waals surface area contributed by atoms with Crippen molar-refractivity contribution in [2.45, 2.75) is 41.1 Å². The number of alkyl halides is 3. The molecule has 7 nitrogen and oxygen atoms in total. The zero-order valence-corrected chi connectivity index (χ0v) is 23.3. The van der Waals surface area contributed by atoms with E-state index in [0.717, 1.165) is 41.8 Å². The molecule has 39 heavy (non-hydrogen) atoms. The Morgan fingerprint density at radius 1 is 1.00 bits per heavy atom. The molecule has 2 aliphatic heterocycles. The Kier molecular flexibility index (Phi) is 7.83. The first kappa shape index (κ1) is 27.8. The first-order valence-corrected chi connectivity index (χ1v) is 13.9. The summed E-state index contributed by atoms with van der Waals surface area (Å²) in [7, 11) is 0. The van der Waals surface area contributed by atoms with Crippen molar-refractivity contribution in [3.63, 3.8) is 0 Å². The maximum Gasteiger partial charge on any atom is 0.362 e. The highest BCUT2D eigenvalue weighted by Crippen LogP contribution is 2.42. The molecule has 5 rings (SSSR count). The van der Waals surface area contributed by atoms with Gasteiger partial charge in [0.05, 0.1) is 10.0 Å². The number of hydrogen-bond donors (Lipinski definition) is 2. The lowest BCUT2D eigenvalue weighted by Crippen LogP contribution is -2.38. The van der Waals surface area contributed by atoms with Crippen molar-refractivity contribution in [1.29, 1.82) is 0 Å². The lowest BCUT2D eigenvalue weighted by Gasteiger charge is -2.21. The number of H-pyrrole nitrogens is 1. The Labute approximate surface area is 241 Å². The third-order valence-corrected chi connectivity index (χ3v) is 8.73. The number of nitrogens with zero attached hydrogens (tertiary/aromatic N) is 2. The molecular weight excluding hydrogens is 593 g/mol. The van der Waals surface area contributed by atoms with Crippen LogP contribution in [0.15, 0.2) is 57.1 Å². The SMILES string of the molecule is O=C(c1c(Sc2c(Cl)cccc2Cl)cc(C(F)(F)Cl)[nH]c1=O)N1Cc2ccc(N3CCCCNC3=O)cc2C1. The van der Waals surface area contributed by atoms with Crippen LogP contribution in [0.2, 0.25) is 10.0 Å². The number of halogens is 5. The van der Waals surface area contributed by atoms with E-state index >= 15 is 0 Å². The lowest BCUT2D eigenvalue weighted by atomic mass is 10.1. The Balaban J connectivity index is 1.48. The fraction of sp³-hybridized carbons (Fsp3) is 0.269. The van der Waals surface area contributed by atoms with Gasteiger partial charge in [-0.25, -0.2) is 4.79 Å². The van der Waals surface area contributed by atoms with E-state index in [2.05, 4.69) is 5.32 Å². The fourth-order valence-corrected chi connectivity index (χ4v) is 6.29. The number of fused-ring (bicyclic) bond motifs is 1. The van der Waals surface area contributed by atoms with Crippen LogP contribution in [0.4, 0.5) is 19.3 Å². The first-order chi connectivity index (χ1) is 18.5. The normalized spacial score (nSPS) is 15.7. The number of rotatable bonds is 5. The third-order valence-electron chi connectivity index (χ3n) is 6.49. The number of amides is 3. The molecule has 2 aliphatic rings. The van der Waals surface area contributed by atoms with Gasteiger partial charge in [0.15, 0.2) is 0 Å². The number of carbonyl (C=O) groups excluding carboxylic acids is 2. The second-order valence-corrected chi connectivity index (χ2v) is 11.4. The van der Waals surface area contributed by atoms with Crippen LogP contribution in [0.25, 0.3) is 0 Å². The van der Waals surface area contributed by atoms with Gasteiger partial charge in [0.25, 0.3) is 11.5 Å². The molecule has 2 N–H and O–H groups in total. The van der Waals surface area contributed by atoms with Gasteiger partial charge >= 0.3 is 11.4 Å². The van der Waals surface area contributed by atoms with Gasteiger partial charge in [0.1, 0.15) is 11.3 Å². The number of hydrogen-bond acceptors (Lipinski definition) is 4. The van der Waals surface area contributed by atoms with Gasteiger partial charge in [-0.05, 0) is 65.9 Å². The first-order valence-electron chi connectivity index (χ1n) is 12.0. The average Bonchev–Trinajstić information content (AvgIpc) is 3.19. The van der Waals surface area contributed by atoms with Crippen molar-refractivity contribution in [3.8, 4) is 0 Å². The highest BCUT2D eigenvalue weighted by Gasteiger charge is 2.34. The number of aromatic nitrogens is 1. The van der Waals surface area contributed by atoms with Crippen LogP contribution in [0.3, 0.4) is 0 Å². The second-order valence-electron chi connectivity index (χ2n) is 9.11. The Hall–Kier alpha value is -2.79. The molecule has 0 spiro atoms. The molecule has 0 unspecified atom stereocenters. The minimum Gasteiger partial charge on any atom is -0.338 e. The smallest absolute Gasteiger partial charge is 0.338 e. The number of urea groups is 1. The summed E-state index contributed by atoms with van der Waals surface area (Å²) < 4.78 is 28.0. The second kappa shape index (κ2) is 11.0. The third kappa shape index (κ3) is 5.75. The standard InChI is InChI=1S/C26H21Cl3F2N4O3S/c27-17-4-3-5-18(28)22(17)39-19-11-20(26(29,30)31)33-23(36)21(19)24(37)34-12-14-6-7-16(10-15(14)13-34)35-9-2-1-8-32-25(35)38/h3-7,10-11H,1-2,8-9,12-13H2,(H,32,38)(H,33,36). The number of aromatic amines is 1. The summed E-state index contributed by atoms with van der Waals surface area (Å²) >= 11 is 18.6. The minimum atomic E-state index is -3.87. The molecule has 2 aromatic carbocycles. The molecule has 0 saturated carbocycles. The minimum absolute atomic E-state index is 0.0630. The molecule has 1 saturated heterocycles. The van der Waals surface area contributed by atoms with Crippen molar-refractivity contribution in [1.82, 2.24) is 15.2 Å². The molecule has 3 heterocycles. The highest BCUT2D eigenvalue weighted by atomic mass is 35.5. The van der Waals surface area contributed by atoms with E-state index in [-0.39, 0.29) is 39.6 Å². The molecule has 0 bridgehead atoms. The van der Waals surface area contributed by atoms with E-state index in [1.54, 1.807) is 23.1 Å². The number of carbonyl (C=O) groups is 2. The van der Waals surface area contributed by atoms with Gasteiger partial charge in [0.2, 0.25) is 0 Å². The van der Waals surface area contributed by atoms with Gasteiger partial charge in [-0.15, -0.1) is 0 Å². The van der Waals surface area contributed by atoms with E-state index in [1.807, 2.05) is 23.2 Å². The van der Waals surface area contributed by atoms with E-state index < -0.39 is 22.5 Å². The number of anilines is 1. The summed E-state index contributed by atoms with van der Waals surface area (Å²) in [5.74, 6) is -0.656. The molecule has 1 fully saturated rings. The maximum atomic E-state index is 14.0. The van der Waals surface area contributed by atoms with Gasteiger partial charge < -0.3 is 15.2 Å². The monoisotopic (exact) mass is 612 g/mol. The molecule has 3 aromatic rings. The summed E-state index contributed by atoms with van der Waals surface area (Å²) in [6.45, 7) is 1.56. The molecule has 1 aromatic heterocycles. The molecule has 0 radical (unpaired) electrons. The molecular formula is C26H21Cl3F2N4O3S. The predicted molar refractivity (Wildman–Crippen MR) is 147 cm³/mol. The van der Waals surface area contributed by atoms with Gasteiger partial charge in [0, 0.05) is 41.7 Å². The average molecular weight is 614 g/mol. The summed E-state index contributed by atoms with van der Waals surface area (Å²) in [6.07, 6.45) is 1.74. The number of benzene rings is 2. The summed E-state index contributed by atoms with van der Waals surface area (Å²) in [5.41, 5.74) is 0.176. The maximum absolute atomic E-state index is 14.0. The van der Waals surface area contributed by atoms with E-state index in [1.165, 1.54) is 4.90 Å². The predicted octanol–water partition coefficient (Wildman–Crippen LogP) is 6.59. The van der Waals surface area contributed by atoms with Crippen LogP contribution < -0.4 is 15.8 Å². The zero-order chi connectivity index (χ0) is 27.9. The molecule has 204 valence electrons. The van der Waals surface area contributed by atoms with Crippen LogP contribution in [0.1, 0.15) is 40.0 Å². The Bertz CT molecular complexity index is 1510. The van der Waals surface area contributed by atoms with E-state index in [0.29, 0.717) is 23.7 Å². The summed E-state index contributed by atoms with van der Waals surface area (Å²) in [5, 5.41) is -0.558. The quantitative estimate of drug-likeness (QED) is 0.318. The summed E-state index contributed by atoms with van der Waals surface area (Å²) in [4.78, 5) is 44.6. The zero-order valence-electron chi connectivity index (χ0n) is 20.2. The van der Waals surface area contributed by atoms with Gasteiger partial charge in [-0.3, -0.25) is 14.5 Å². The largest absolute Gasteiger partial charge is 0.362 e. The van der Waals surface area contributed by atoms with Crippen molar-refractivity contribution in [2.24, 2.45) is 0 Å². The van der Waals surface area contributed by atoms with Crippen LogP contribution in [-0.2, 0) is 18.5 Å². The van der Waals surface area contributed by atoms with Crippen molar-refractivity contribution < 1.29 is 18.4 Å². The van der Waals surface area contributed by atoms with Gasteiger partial charge in [-0.1, -0.05) is 47.1 Å². The van der Waals surface area contributed by atoms with Crippen molar-refractivity contribution in [3.05, 3.63) is 85.2 Å². The van der Waals surface area contributed by atoms with Crippen LogP contribution >= 0.6 is 46.6 Å². The molecule has 0 atom stereocenters. The van der Waals surface area contributed by atoms with Crippen molar-refractivity contribution >= 4 is 64.2 Å². The molecule has 3 amide bonds. The lowest BCUT2D eigenvalue weighted by molar-refractivity contribution is 0.0740.